The number of quaternary nitrogens is 1. The van der Waals surface area contributed by atoms with Gasteiger partial charge >= 0.3 is 0 Å². The van der Waals surface area contributed by atoms with Gasteiger partial charge in [-0.15, -0.1) is 0 Å². The van der Waals surface area contributed by atoms with Gasteiger partial charge in [0.2, 0.25) is 5.52 Å². The van der Waals surface area contributed by atoms with E-state index in [-0.39, 0.29) is 0 Å². The molecule has 0 fully saturated rings. The van der Waals surface area contributed by atoms with Gasteiger partial charge in [0.25, 0.3) is 0 Å². The highest BCUT2D eigenvalue weighted by Gasteiger charge is 2.30. The molecule has 0 amide bonds. The highest BCUT2D eigenvalue weighted by Crippen LogP contribution is 2.50. The second kappa shape index (κ2) is 8.18. The van der Waals surface area contributed by atoms with Crippen LogP contribution in [0.15, 0.2) is 82.4 Å². The summed E-state index contributed by atoms with van der Waals surface area (Å²) in [6.07, 6.45) is 9.21. The summed E-state index contributed by atoms with van der Waals surface area (Å²) in [4.78, 5) is 3.85. The van der Waals surface area contributed by atoms with E-state index in [4.69, 9.17) is 0 Å². The zero-order valence-electron chi connectivity index (χ0n) is 18.7. The van der Waals surface area contributed by atoms with Crippen molar-refractivity contribution in [2.75, 3.05) is 39.1 Å². The second-order valence-electron chi connectivity index (χ2n) is 9.48. The number of thioether (sulfide) groups is 1. The number of hydrogen-bond acceptors (Lipinski definition) is 2. The number of allylic oxidation sites excluding steroid dienone is 1. The fourth-order valence-electron chi connectivity index (χ4n) is 4.54. The Morgan fingerprint density at radius 1 is 1.00 bits per heavy atom. The number of anilines is 1. The number of para-hydroxylation sites is 2. The monoisotopic (exact) mass is 429 g/mol. The average molecular weight is 430 g/mol. The first-order chi connectivity index (χ1) is 15.0. The molecule has 3 aromatic rings. The first-order valence-corrected chi connectivity index (χ1v) is 12.0. The first kappa shape index (κ1) is 20.3. The van der Waals surface area contributed by atoms with Gasteiger partial charge in [0, 0.05) is 23.6 Å². The standard InChI is InChI=1S/C27H31N3S/c1-30(2,3)20-8-17-28-18-15-21(23-9-4-5-10-24(23)28)13-14-22-16-19-29-25-11-6-7-12-26(25)31-27(22)29/h4-7,9-15,18H,8,16-17,19-20H2,1-3H3/q+2. The van der Waals surface area contributed by atoms with Crippen LogP contribution in [-0.4, -0.2) is 38.7 Å². The lowest BCUT2D eigenvalue weighted by Crippen LogP contribution is -2.40. The Labute approximate surface area is 189 Å². The molecule has 0 saturated carbocycles. The van der Waals surface area contributed by atoms with E-state index in [1.54, 1.807) is 0 Å². The Balaban J connectivity index is 1.41. The van der Waals surface area contributed by atoms with Crippen LogP contribution in [0.5, 0.6) is 0 Å². The highest BCUT2D eigenvalue weighted by molar-refractivity contribution is 8.03. The third-order valence-corrected chi connectivity index (χ3v) is 7.38. The molecule has 2 aliphatic rings. The zero-order valence-corrected chi connectivity index (χ0v) is 19.5. The van der Waals surface area contributed by atoms with Crippen molar-refractivity contribution in [1.82, 2.24) is 0 Å². The molecule has 0 bridgehead atoms. The molecule has 1 aromatic heterocycles. The third-order valence-electron chi connectivity index (χ3n) is 6.14. The number of rotatable bonds is 6. The van der Waals surface area contributed by atoms with Crippen LogP contribution in [0.1, 0.15) is 18.4 Å². The van der Waals surface area contributed by atoms with E-state index in [2.05, 4.69) is 104 Å². The molecule has 0 radical (unpaired) electrons. The van der Waals surface area contributed by atoms with Crippen LogP contribution >= 0.6 is 11.8 Å². The van der Waals surface area contributed by atoms with Gasteiger partial charge in [-0.3, -0.25) is 0 Å². The maximum absolute atomic E-state index is 2.48. The van der Waals surface area contributed by atoms with E-state index < -0.39 is 0 Å². The van der Waals surface area contributed by atoms with Crippen molar-refractivity contribution >= 4 is 34.4 Å². The van der Waals surface area contributed by atoms with Gasteiger partial charge in [-0.25, -0.2) is 0 Å². The number of fused-ring (bicyclic) bond motifs is 4. The molecular formula is C27H31N3S+2. The molecular weight excluding hydrogens is 398 g/mol. The quantitative estimate of drug-likeness (QED) is 0.379. The smallest absolute Gasteiger partial charge is 0.213 e. The molecule has 0 aliphatic carbocycles. The molecule has 2 aliphatic heterocycles. The van der Waals surface area contributed by atoms with Gasteiger partial charge in [-0.05, 0) is 35.8 Å². The largest absolute Gasteiger partial charge is 0.334 e. The number of pyridine rings is 1. The highest BCUT2D eigenvalue weighted by atomic mass is 32.2. The normalized spacial score (nSPS) is 15.9. The summed E-state index contributed by atoms with van der Waals surface area (Å²) in [6.45, 7) is 3.32. The van der Waals surface area contributed by atoms with Crippen LogP contribution < -0.4 is 9.47 Å². The Kier molecular flexibility index (Phi) is 5.37. The third kappa shape index (κ3) is 4.15. The van der Waals surface area contributed by atoms with E-state index >= 15 is 0 Å². The molecule has 5 rings (SSSR count). The van der Waals surface area contributed by atoms with E-state index in [1.807, 2.05) is 11.8 Å². The number of aryl methyl sites for hydroxylation is 1. The Bertz CT molecular complexity index is 1190. The first-order valence-electron chi connectivity index (χ1n) is 11.2. The fraction of sp³-hybridized carbons (Fsp3) is 0.296. The Hall–Kier alpha value is -2.56. The number of hydrogen-bond donors (Lipinski definition) is 0. The van der Waals surface area contributed by atoms with Crippen LogP contribution in [0.2, 0.25) is 0 Å². The molecule has 3 heterocycles. The minimum Gasteiger partial charge on any atom is -0.334 e. The molecule has 31 heavy (non-hydrogen) atoms. The van der Waals surface area contributed by atoms with Gasteiger partial charge in [0.1, 0.15) is 0 Å². The molecule has 158 valence electrons. The van der Waals surface area contributed by atoms with Crippen molar-refractivity contribution in [2.24, 2.45) is 0 Å². The summed E-state index contributed by atoms with van der Waals surface area (Å²) < 4.78 is 3.42. The predicted octanol–water partition coefficient (Wildman–Crippen LogP) is 5.46. The van der Waals surface area contributed by atoms with Crippen LogP contribution in [0, 0.1) is 0 Å². The summed E-state index contributed by atoms with van der Waals surface area (Å²) in [7, 11) is 6.78. The summed E-state index contributed by atoms with van der Waals surface area (Å²) >= 11 is 1.92. The van der Waals surface area contributed by atoms with Gasteiger partial charge in [-0.2, -0.15) is 4.57 Å². The van der Waals surface area contributed by atoms with Crippen molar-refractivity contribution < 1.29 is 9.05 Å². The van der Waals surface area contributed by atoms with Crippen LogP contribution in [0.4, 0.5) is 5.69 Å². The summed E-state index contributed by atoms with van der Waals surface area (Å²) in [5, 5.41) is 2.74. The minimum absolute atomic E-state index is 1.01. The molecule has 0 saturated heterocycles. The molecule has 0 atom stereocenters. The number of benzene rings is 2. The van der Waals surface area contributed by atoms with Crippen molar-refractivity contribution in [2.45, 2.75) is 24.3 Å². The Morgan fingerprint density at radius 3 is 2.68 bits per heavy atom. The maximum Gasteiger partial charge on any atom is 0.213 e. The molecule has 0 spiro atoms. The van der Waals surface area contributed by atoms with Crippen LogP contribution in [0.25, 0.3) is 17.0 Å². The predicted molar refractivity (Wildman–Crippen MR) is 132 cm³/mol. The SMILES string of the molecule is C[N+](C)(C)CCC[n+]1ccc(C=CC2=C3Sc4ccccc4N3CC2)c2ccccc21. The summed E-state index contributed by atoms with van der Waals surface area (Å²) in [6, 6.07) is 19.8. The van der Waals surface area contributed by atoms with Crippen molar-refractivity contribution in [3.63, 3.8) is 0 Å². The number of nitrogens with zero attached hydrogens (tertiary/aromatic N) is 3. The molecule has 4 heteroatoms. The maximum atomic E-state index is 2.48. The van der Waals surface area contributed by atoms with E-state index in [0.717, 1.165) is 24.0 Å². The lowest BCUT2D eigenvalue weighted by Gasteiger charge is -2.22. The molecule has 0 unspecified atom stereocenters. The van der Waals surface area contributed by atoms with Crippen LogP contribution in [0.3, 0.4) is 0 Å². The van der Waals surface area contributed by atoms with E-state index in [1.165, 1.54) is 50.6 Å². The second-order valence-corrected chi connectivity index (χ2v) is 10.5. The average Bonchev–Trinajstić information content (AvgIpc) is 3.31. The summed E-state index contributed by atoms with van der Waals surface area (Å²) in [5.74, 6) is 0. The molecule has 3 nitrogen and oxygen atoms in total. The van der Waals surface area contributed by atoms with Crippen LogP contribution in [-0.2, 0) is 6.54 Å². The van der Waals surface area contributed by atoms with E-state index in [9.17, 15) is 0 Å². The zero-order chi connectivity index (χ0) is 21.4. The van der Waals surface area contributed by atoms with Crippen molar-refractivity contribution in [3.8, 4) is 0 Å². The molecule has 2 aromatic carbocycles. The summed E-state index contributed by atoms with van der Waals surface area (Å²) in [5.41, 5.74) is 5.43. The topological polar surface area (TPSA) is 7.12 Å². The van der Waals surface area contributed by atoms with Crippen molar-refractivity contribution in [1.29, 1.82) is 0 Å². The fourth-order valence-corrected chi connectivity index (χ4v) is 5.78. The lowest BCUT2D eigenvalue weighted by atomic mass is 10.1. The van der Waals surface area contributed by atoms with Gasteiger partial charge in [-0.1, -0.05) is 48.2 Å². The number of aromatic nitrogens is 1. The Morgan fingerprint density at radius 2 is 1.81 bits per heavy atom. The lowest BCUT2D eigenvalue weighted by molar-refractivity contribution is -0.873. The van der Waals surface area contributed by atoms with Gasteiger partial charge in [0.15, 0.2) is 12.7 Å². The minimum atomic E-state index is 1.01. The van der Waals surface area contributed by atoms with E-state index in [0.29, 0.717) is 0 Å². The van der Waals surface area contributed by atoms with Gasteiger partial charge in [0.05, 0.1) is 50.2 Å². The molecule has 0 N–H and O–H groups in total. The van der Waals surface area contributed by atoms with Crippen molar-refractivity contribution in [3.05, 3.63) is 83.0 Å². The van der Waals surface area contributed by atoms with Gasteiger partial charge < -0.3 is 9.38 Å².